The van der Waals surface area contributed by atoms with Crippen LogP contribution in [0.15, 0.2) is 47.4 Å². The molecule has 0 spiro atoms. The average Bonchev–Trinajstić information content (AvgIpc) is 2.81. The number of nitro groups is 1. The molecule has 1 fully saturated rings. The van der Waals surface area contributed by atoms with Crippen LogP contribution in [0.25, 0.3) is 0 Å². The number of piperidine rings is 1. The van der Waals surface area contributed by atoms with E-state index >= 15 is 0 Å². The number of rotatable bonds is 8. The van der Waals surface area contributed by atoms with Gasteiger partial charge in [0.25, 0.3) is 11.6 Å². The van der Waals surface area contributed by atoms with Gasteiger partial charge in [-0.3, -0.25) is 14.9 Å². The van der Waals surface area contributed by atoms with E-state index in [0.29, 0.717) is 18.7 Å². The summed E-state index contributed by atoms with van der Waals surface area (Å²) in [7, 11) is -2.05. The Balaban J connectivity index is 1.75. The molecule has 2 aromatic carbocycles. The first-order valence-corrected chi connectivity index (χ1v) is 12.8. The maximum Gasteiger partial charge on any atom is 0.293 e. The maximum absolute atomic E-state index is 13.0. The lowest BCUT2D eigenvalue weighted by molar-refractivity contribution is -0.384. The van der Waals surface area contributed by atoms with Crippen LogP contribution in [0, 0.1) is 16.0 Å². The van der Waals surface area contributed by atoms with Crippen LogP contribution in [0.5, 0.6) is 0 Å². The molecule has 0 saturated carbocycles. The van der Waals surface area contributed by atoms with Crippen LogP contribution < -0.4 is 5.32 Å². The van der Waals surface area contributed by atoms with Crippen molar-refractivity contribution in [2.75, 3.05) is 25.5 Å². The van der Waals surface area contributed by atoms with Crippen molar-refractivity contribution < 1.29 is 18.1 Å². The Morgan fingerprint density at radius 2 is 1.91 bits per heavy atom. The lowest BCUT2D eigenvalue weighted by Crippen LogP contribution is -2.39. The van der Waals surface area contributed by atoms with Crippen molar-refractivity contribution in [2.45, 2.75) is 51.1 Å². The third-order valence-electron chi connectivity index (χ3n) is 6.20. The summed E-state index contributed by atoms with van der Waals surface area (Å²) >= 11 is 0. The fourth-order valence-electron chi connectivity index (χ4n) is 3.89. The fourth-order valence-corrected chi connectivity index (χ4v) is 5.51. The van der Waals surface area contributed by atoms with Gasteiger partial charge in [-0.25, -0.2) is 8.42 Å². The Bertz CT molecular complexity index is 1150. The Morgan fingerprint density at radius 3 is 2.50 bits per heavy atom. The number of carbonyl (C=O) groups is 1. The van der Waals surface area contributed by atoms with Gasteiger partial charge in [0.1, 0.15) is 5.69 Å². The minimum Gasteiger partial charge on any atom is -0.375 e. The zero-order valence-corrected chi connectivity index (χ0v) is 20.8. The molecule has 1 saturated heterocycles. The summed E-state index contributed by atoms with van der Waals surface area (Å²) in [5.41, 5.74) is 1.33. The first-order chi connectivity index (χ1) is 16.0. The predicted molar refractivity (Wildman–Crippen MR) is 131 cm³/mol. The molecule has 0 radical (unpaired) electrons. The predicted octanol–water partition coefficient (Wildman–Crippen LogP) is 4.11. The molecule has 1 unspecified atom stereocenters. The molecule has 184 valence electrons. The molecule has 0 aromatic heterocycles. The molecule has 1 atom stereocenters. The molecule has 0 aliphatic carbocycles. The molecule has 3 rings (SSSR count). The minimum atomic E-state index is -3.80. The molecule has 9 nitrogen and oxygen atoms in total. The van der Waals surface area contributed by atoms with Crippen molar-refractivity contribution >= 4 is 27.3 Å². The molecule has 1 heterocycles. The van der Waals surface area contributed by atoms with E-state index in [9.17, 15) is 23.3 Å². The van der Waals surface area contributed by atoms with E-state index in [2.05, 4.69) is 5.32 Å². The van der Waals surface area contributed by atoms with Gasteiger partial charge in [-0.15, -0.1) is 0 Å². The van der Waals surface area contributed by atoms with Gasteiger partial charge in [-0.05, 0) is 62.4 Å². The van der Waals surface area contributed by atoms with E-state index in [1.807, 2.05) is 20.8 Å². The van der Waals surface area contributed by atoms with Crippen LogP contribution in [-0.4, -0.2) is 54.6 Å². The van der Waals surface area contributed by atoms with Gasteiger partial charge in [0.05, 0.1) is 9.82 Å². The molecule has 1 amide bonds. The number of anilines is 1. The highest BCUT2D eigenvalue weighted by atomic mass is 32.2. The smallest absolute Gasteiger partial charge is 0.293 e. The summed E-state index contributed by atoms with van der Waals surface area (Å²) in [6.07, 6.45) is 1.75. The number of hydrogen-bond acceptors (Lipinski definition) is 6. The second-order valence-electron chi connectivity index (χ2n) is 9.11. The van der Waals surface area contributed by atoms with E-state index in [1.165, 1.54) is 16.4 Å². The molecule has 1 N–H and O–H groups in total. The summed E-state index contributed by atoms with van der Waals surface area (Å²) in [6.45, 7) is 7.00. The average molecular weight is 489 g/mol. The van der Waals surface area contributed by atoms with Crippen molar-refractivity contribution in [2.24, 2.45) is 5.92 Å². The van der Waals surface area contributed by atoms with Crippen molar-refractivity contribution in [3.05, 3.63) is 63.7 Å². The molecule has 1 aliphatic heterocycles. The van der Waals surface area contributed by atoms with Gasteiger partial charge in [-0.2, -0.15) is 4.31 Å². The first kappa shape index (κ1) is 25.6. The Morgan fingerprint density at radius 1 is 1.24 bits per heavy atom. The summed E-state index contributed by atoms with van der Waals surface area (Å²) in [6, 6.07) is 11.1. The van der Waals surface area contributed by atoms with E-state index < -0.39 is 14.9 Å². The van der Waals surface area contributed by atoms with E-state index in [0.717, 1.165) is 24.5 Å². The molecule has 34 heavy (non-hydrogen) atoms. The molecule has 1 aliphatic rings. The molecular formula is C24H32N4O5S. The molecular weight excluding hydrogens is 456 g/mol. The molecule has 2 aromatic rings. The lowest BCUT2D eigenvalue weighted by Gasteiger charge is -2.30. The quantitative estimate of drug-likeness (QED) is 0.442. The maximum atomic E-state index is 13.0. The summed E-state index contributed by atoms with van der Waals surface area (Å²) in [5.74, 6) is 0.178. The second-order valence-corrected chi connectivity index (χ2v) is 11.0. The lowest BCUT2D eigenvalue weighted by atomic mass is 10.0. The van der Waals surface area contributed by atoms with E-state index in [4.69, 9.17) is 0 Å². The number of amides is 1. The number of benzene rings is 2. The number of nitrogens with zero attached hydrogens (tertiary/aromatic N) is 3. The van der Waals surface area contributed by atoms with Crippen LogP contribution in [-0.2, 0) is 16.6 Å². The van der Waals surface area contributed by atoms with Crippen molar-refractivity contribution in [1.29, 1.82) is 0 Å². The number of carbonyl (C=O) groups excluding carboxylic acids is 1. The van der Waals surface area contributed by atoms with Gasteiger partial charge in [0.2, 0.25) is 10.0 Å². The summed E-state index contributed by atoms with van der Waals surface area (Å²) in [5, 5.41) is 14.7. The van der Waals surface area contributed by atoms with Crippen molar-refractivity contribution in [3.63, 3.8) is 0 Å². The Kier molecular flexibility index (Phi) is 7.93. The van der Waals surface area contributed by atoms with Crippen LogP contribution >= 0.6 is 0 Å². The van der Waals surface area contributed by atoms with Crippen LogP contribution in [0.1, 0.15) is 49.5 Å². The Hall–Kier alpha value is -2.98. The monoisotopic (exact) mass is 488 g/mol. The zero-order valence-electron chi connectivity index (χ0n) is 20.0. The van der Waals surface area contributed by atoms with E-state index in [-0.39, 0.29) is 40.7 Å². The van der Waals surface area contributed by atoms with Crippen LogP contribution in [0.4, 0.5) is 11.4 Å². The van der Waals surface area contributed by atoms with Gasteiger partial charge in [0, 0.05) is 44.4 Å². The number of nitro benzene ring substituents is 1. The Labute approximate surface area is 201 Å². The molecule has 10 heteroatoms. The highest BCUT2D eigenvalue weighted by molar-refractivity contribution is 7.89. The third kappa shape index (κ3) is 5.74. The highest BCUT2D eigenvalue weighted by Crippen LogP contribution is 2.31. The third-order valence-corrected chi connectivity index (χ3v) is 8.06. The van der Waals surface area contributed by atoms with Crippen molar-refractivity contribution in [1.82, 2.24) is 9.21 Å². The standard InChI is InChI=1S/C24H32N4O5S/c1-17(2)26(4)24(29)20-9-7-19(8-10-20)15-25-22-12-11-21(14-23(22)28(30)31)34(32,33)27-13-5-6-18(3)16-27/h7-12,14,17-18,25H,5-6,13,15-16H2,1-4H3. The highest BCUT2D eigenvalue weighted by Gasteiger charge is 2.30. The van der Waals surface area contributed by atoms with Gasteiger partial charge in [0.15, 0.2) is 0 Å². The largest absolute Gasteiger partial charge is 0.375 e. The number of sulfonamides is 1. The zero-order chi connectivity index (χ0) is 25.0. The van der Waals surface area contributed by atoms with Crippen molar-refractivity contribution in [3.8, 4) is 0 Å². The normalized spacial score (nSPS) is 16.9. The van der Waals surface area contributed by atoms with Crippen LogP contribution in [0.2, 0.25) is 0 Å². The molecule has 0 bridgehead atoms. The van der Waals surface area contributed by atoms with Crippen LogP contribution in [0.3, 0.4) is 0 Å². The van der Waals surface area contributed by atoms with Gasteiger partial charge in [-0.1, -0.05) is 19.1 Å². The number of nitrogens with one attached hydrogen (secondary N) is 1. The summed E-state index contributed by atoms with van der Waals surface area (Å²) in [4.78, 5) is 25.1. The topological polar surface area (TPSA) is 113 Å². The number of hydrogen-bond donors (Lipinski definition) is 1. The second kappa shape index (κ2) is 10.5. The SMILES string of the molecule is CC1CCCN(S(=O)(=O)c2ccc(NCc3ccc(C(=O)N(C)C(C)C)cc3)c([N+](=O)[O-])c2)C1. The van der Waals surface area contributed by atoms with E-state index in [1.54, 1.807) is 36.2 Å². The van der Waals surface area contributed by atoms with Gasteiger partial charge >= 0.3 is 0 Å². The van der Waals surface area contributed by atoms with Gasteiger partial charge < -0.3 is 10.2 Å². The summed E-state index contributed by atoms with van der Waals surface area (Å²) < 4.78 is 27.5. The first-order valence-electron chi connectivity index (χ1n) is 11.4. The minimum absolute atomic E-state index is 0.0732. The fraction of sp³-hybridized carbons (Fsp3) is 0.458.